The van der Waals surface area contributed by atoms with Crippen LogP contribution in [0.2, 0.25) is 0 Å². The van der Waals surface area contributed by atoms with Crippen LogP contribution in [0, 0.1) is 10.3 Å². The summed E-state index contributed by atoms with van der Waals surface area (Å²) < 4.78 is 6.84. The Kier molecular flexibility index (Phi) is 1.93. The van der Waals surface area contributed by atoms with Crippen LogP contribution in [0.25, 0.3) is 0 Å². The van der Waals surface area contributed by atoms with E-state index in [2.05, 4.69) is 13.8 Å². The van der Waals surface area contributed by atoms with Crippen molar-refractivity contribution in [2.75, 3.05) is 0 Å². The van der Waals surface area contributed by atoms with E-state index >= 15 is 0 Å². The van der Waals surface area contributed by atoms with E-state index in [0.717, 1.165) is 24.2 Å². The number of rotatable bonds is 0. The van der Waals surface area contributed by atoms with Crippen LogP contribution in [0.5, 0.6) is 0 Å². The molecule has 14 heavy (non-hydrogen) atoms. The minimum absolute atomic E-state index is 0.00169. The third-order valence-corrected chi connectivity index (χ3v) is 3.04. The lowest BCUT2D eigenvalue weighted by Crippen LogP contribution is -2.22. The first kappa shape index (κ1) is 9.65. The fraction of sp³-hybridized carbons (Fsp3) is 0.600. The quantitative estimate of drug-likeness (QED) is 0.614. The zero-order chi connectivity index (χ0) is 10.5. The lowest BCUT2D eigenvalue weighted by molar-refractivity contribution is 0.359. The molecule has 0 unspecified atom stereocenters. The Morgan fingerprint density at radius 1 is 1.43 bits per heavy atom. The van der Waals surface area contributed by atoms with Gasteiger partial charge in [0.05, 0.1) is 5.56 Å². The second kappa shape index (κ2) is 2.79. The van der Waals surface area contributed by atoms with E-state index < -0.39 is 0 Å². The molecule has 0 atom stereocenters. The summed E-state index contributed by atoms with van der Waals surface area (Å²) in [6, 6.07) is 0. The van der Waals surface area contributed by atoms with Crippen molar-refractivity contribution in [1.29, 1.82) is 0 Å². The summed E-state index contributed by atoms with van der Waals surface area (Å²) in [5.41, 5.74) is 0.925. The maximum atomic E-state index is 11.8. The highest BCUT2D eigenvalue weighted by atomic mass is 32.1. The third kappa shape index (κ3) is 1.34. The standard InChI is InChI=1S/C10H13NO2S/c1-10(2)4-6-7(5-10)13-9(14)11(3)8(6)12/h4-5H2,1-3H3. The SMILES string of the molecule is Cn1c(=S)oc2c(c1=O)CC(C)(C)C2. The van der Waals surface area contributed by atoms with Gasteiger partial charge in [-0.25, -0.2) is 0 Å². The molecule has 1 aliphatic carbocycles. The molecule has 1 aromatic rings. The Bertz CT molecular complexity index is 496. The minimum atomic E-state index is 0.00169. The van der Waals surface area contributed by atoms with E-state index in [4.69, 9.17) is 16.6 Å². The van der Waals surface area contributed by atoms with Crippen molar-refractivity contribution in [2.24, 2.45) is 12.5 Å². The molecular weight excluding hydrogens is 198 g/mol. The molecule has 0 bridgehead atoms. The van der Waals surface area contributed by atoms with Gasteiger partial charge < -0.3 is 4.42 Å². The normalized spacial score (nSPS) is 18.2. The molecule has 2 rings (SSSR count). The summed E-state index contributed by atoms with van der Waals surface area (Å²) in [6.07, 6.45) is 1.59. The largest absolute Gasteiger partial charge is 0.436 e. The molecule has 0 spiro atoms. The average molecular weight is 211 g/mol. The fourth-order valence-corrected chi connectivity index (χ4v) is 2.12. The van der Waals surface area contributed by atoms with E-state index in [-0.39, 0.29) is 15.8 Å². The van der Waals surface area contributed by atoms with Crippen LogP contribution < -0.4 is 5.56 Å². The van der Waals surface area contributed by atoms with Crippen molar-refractivity contribution in [3.05, 3.63) is 26.5 Å². The molecule has 1 heterocycles. The van der Waals surface area contributed by atoms with Crippen LogP contribution in [0.15, 0.2) is 9.21 Å². The zero-order valence-electron chi connectivity index (χ0n) is 8.59. The van der Waals surface area contributed by atoms with Gasteiger partial charge in [-0.2, -0.15) is 0 Å². The summed E-state index contributed by atoms with van der Waals surface area (Å²) in [5, 5.41) is 0. The van der Waals surface area contributed by atoms with Crippen LogP contribution in [0.1, 0.15) is 25.2 Å². The number of nitrogens with zero attached hydrogens (tertiary/aromatic N) is 1. The Hall–Kier alpha value is -0.900. The van der Waals surface area contributed by atoms with Crippen LogP contribution in [-0.2, 0) is 19.9 Å². The second-order valence-electron chi connectivity index (χ2n) is 4.65. The molecule has 0 radical (unpaired) electrons. The van der Waals surface area contributed by atoms with Gasteiger partial charge in [-0.1, -0.05) is 13.8 Å². The molecule has 0 aliphatic heterocycles. The lowest BCUT2D eigenvalue weighted by atomic mass is 9.91. The summed E-state index contributed by atoms with van der Waals surface area (Å²) >= 11 is 4.95. The molecule has 3 nitrogen and oxygen atoms in total. The van der Waals surface area contributed by atoms with Gasteiger partial charge in [0.25, 0.3) is 10.4 Å². The smallest absolute Gasteiger partial charge is 0.271 e. The highest BCUT2D eigenvalue weighted by Gasteiger charge is 2.33. The first-order valence-corrected chi connectivity index (χ1v) is 5.03. The summed E-state index contributed by atoms with van der Waals surface area (Å²) in [6.45, 7) is 4.26. The first-order valence-electron chi connectivity index (χ1n) is 4.63. The molecule has 1 aliphatic rings. The van der Waals surface area contributed by atoms with Gasteiger partial charge in [0.2, 0.25) is 0 Å². The maximum absolute atomic E-state index is 11.8. The Balaban J connectivity index is 2.71. The third-order valence-electron chi connectivity index (χ3n) is 2.68. The summed E-state index contributed by atoms with van der Waals surface area (Å²) in [7, 11) is 1.65. The van der Waals surface area contributed by atoms with E-state index in [0.29, 0.717) is 0 Å². The van der Waals surface area contributed by atoms with Crippen LogP contribution in [0.4, 0.5) is 0 Å². The Morgan fingerprint density at radius 3 is 2.71 bits per heavy atom. The van der Waals surface area contributed by atoms with Crippen LogP contribution >= 0.6 is 12.2 Å². The maximum Gasteiger partial charge on any atom is 0.271 e. The molecule has 4 heteroatoms. The van der Waals surface area contributed by atoms with Gasteiger partial charge in [-0.15, -0.1) is 0 Å². The summed E-state index contributed by atoms with van der Waals surface area (Å²) in [4.78, 5) is 12.1. The first-order chi connectivity index (χ1) is 6.41. The zero-order valence-corrected chi connectivity index (χ0v) is 9.40. The van der Waals surface area contributed by atoms with E-state index in [1.54, 1.807) is 7.05 Å². The lowest BCUT2D eigenvalue weighted by Gasteiger charge is -2.13. The van der Waals surface area contributed by atoms with Crippen LogP contribution in [0.3, 0.4) is 0 Å². The van der Waals surface area contributed by atoms with Gasteiger partial charge >= 0.3 is 0 Å². The number of hydrogen-bond acceptors (Lipinski definition) is 3. The minimum Gasteiger partial charge on any atom is -0.436 e. The number of hydrogen-bond donors (Lipinski definition) is 0. The van der Waals surface area contributed by atoms with E-state index in [1.165, 1.54) is 4.57 Å². The molecule has 0 fully saturated rings. The van der Waals surface area contributed by atoms with Gasteiger partial charge in [-0.3, -0.25) is 9.36 Å². The molecule has 0 saturated heterocycles. The molecular formula is C10H13NO2S. The predicted molar refractivity (Wildman–Crippen MR) is 56.0 cm³/mol. The highest BCUT2D eigenvalue weighted by Crippen LogP contribution is 2.34. The molecule has 0 aromatic carbocycles. The summed E-state index contributed by atoms with van der Waals surface area (Å²) in [5.74, 6) is 0.781. The Morgan fingerprint density at radius 2 is 2.07 bits per heavy atom. The van der Waals surface area contributed by atoms with Crippen molar-refractivity contribution >= 4 is 12.2 Å². The Labute approximate surface area is 87.4 Å². The van der Waals surface area contributed by atoms with E-state index in [1.807, 2.05) is 0 Å². The molecule has 1 aromatic heterocycles. The van der Waals surface area contributed by atoms with Crippen molar-refractivity contribution in [3.63, 3.8) is 0 Å². The molecule has 0 saturated carbocycles. The number of aromatic nitrogens is 1. The number of fused-ring (bicyclic) bond motifs is 1. The molecule has 0 amide bonds. The van der Waals surface area contributed by atoms with Crippen molar-refractivity contribution in [1.82, 2.24) is 4.57 Å². The fourth-order valence-electron chi connectivity index (χ4n) is 1.93. The van der Waals surface area contributed by atoms with Crippen molar-refractivity contribution in [3.8, 4) is 0 Å². The van der Waals surface area contributed by atoms with Crippen molar-refractivity contribution < 1.29 is 4.42 Å². The highest BCUT2D eigenvalue weighted by molar-refractivity contribution is 7.71. The van der Waals surface area contributed by atoms with E-state index in [9.17, 15) is 4.79 Å². The molecule has 76 valence electrons. The van der Waals surface area contributed by atoms with Gasteiger partial charge in [0, 0.05) is 13.5 Å². The van der Waals surface area contributed by atoms with Gasteiger partial charge in [-0.05, 0) is 24.1 Å². The predicted octanol–water partition coefficient (Wildman–Crippen LogP) is 1.83. The molecule has 0 N–H and O–H groups in total. The van der Waals surface area contributed by atoms with Gasteiger partial charge in [0.1, 0.15) is 5.76 Å². The van der Waals surface area contributed by atoms with Crippen molar-refractivity contribution in [2.45, 2.75) is 26.7 Å². The average Bonchev–Trinajstić information content (AvgIpc) is 2.37. The topological polar surface area (TPSA) is 35.1 Å². The van der Waals surface area contributed by atoms with Gasteiger partial charge in [0.15, 0.2) is 0 Å². The second-order valence-corrected chi connectivity index (χ2v) is 5.00. The monoisotopic (exact) mass is 211 g/mol. The van der Waals surface area contributed by atoms with Crippen LogP contribution in [-0.4, -0.2) is 4.57 Å².